The molecule has 0 fully saturated rings. The SMILES string of the molecule is CC(C)c1c(F)cc(F)c(C(C)C)c1CC(=O)OC(C)(C)C. The summed E-state index contributed by atoms with van der Waals surface area (Å²) < 4.78 is 33.7. The minimum atomic E-state index is -0.626. The molecule has 124 valence electrons. The van der Waals surface area contributed by atoms with Crippen molar-refractivity contribution in [1.82, 2.24) is 0 Å². The summed E-state index contributed by atoms with van der Waals surface area (Å²) in [6.45, 7) is 12.6. The molecule has 0 atom stereocenters. The highest BCUT2D eigenvalue weighted by molar-refractivity contribution is 5.74. The monoisotopic (exact) mass is 312 g/mol. The van der Waals surface area contributed by atoms with Gasteiger partial charge in [-0.1, -0.05) is 27.7 Å². The molecule has 2 nitrogen and oxygen atoms in total. The highest BCUT2D eigenvalue weighted by Crippen LogP contribution is 2.33. The number of hydrogen-bond acceptors (Lipinski definition) is 2. The molecule has 0 bridgehead atoms. The van der Waals surface area contributed by atoms with Gasteiger partial charge in [0.2, 0.25) is 0 Å². The van der Waals surface area contributed by atoms with Crippen LogP contribution in [-0.4, -0.2) is 11.6 Å². The molecule has 4 heteroatoms. The quantitative estimate of drug-likeness (QED) is 0.723. The van der Waals surface area contributed by atoms with Gasteiger partial charge in [-0.3, -0.25) is 4.79 Å². The summed E-state index contributed by atoms with van der Waals surface area (Å²) in [5.74, 6) is -1.96. The number of carbonyl (C=O) groups is 1. The normalized spacial score (nSPS) is 12.1. The molecule has 0 amide bonds. The van der Waals surface area contributed by atoms with Gasteiger partial charge in [-0.05, 0) is 49.3 Å². The van der Waals surface area contributed by atoms with Crippen molar-refractivity contribution >= 4 is 5.97 Å². The zero-order valence-electron chi connectivity index (χ0n) is 14.5. The average molecular weight is 312 g/mol. The highest BCUT2D eigenvalue weighted by atomic mass is 19.1. The van der Waals surface area contributed by atoms with Crippen LogP contribution in [0.2, 0.25) is 0 Å². The number of carbonyl (C=O) groups excluding carboxylic acids is 1. The Morgan fingerprint density at radius 1 is 1.05 bits per heavy atom. The van der Waals surface area contributed by atoms with Crippen LogP contribution in [0.4, 0.5) is 8.78 Å². The maximum absolute atomic E-state index is 14.2. The average Bonchev–Trinajstić information content (AvgIpc) is 2.23. The molecule has 0 aromatic heterocycles. The zero-order valence-corrected chi connectivity index (χ0v) is 14.5. The summed E-state index contributed by atoms with van der Waals surface area (Å²) in [5, 5.41) is 0. The molecule has 0 heterocycles. The van der Waals surface area contributed by atoms with Crippen molar-refractivity contribution in [3.05, 3.63) is 34.4 Å². The fourth-order valence-corrected chi connectivity index (χ4v) is 2.66. The molecule has 0 radical (unpaired) electrons. The zero-order chi connectivity index (χ0) is 17.2. The van der Waals surface area contributed by atoms with Gasteiger partial charge in [0.25, 0.3) is 0 Å². The van der Waals surface area contributed by atoms with E-state index in [0.717, 1.165) is 6.07 Å². The Balaban J connectivity index is 3.39. The number of rotatable bonds is 4. The Morgan fingerprint density at radius 3 is 1.77 bits per heavy atom. The fraction of sp³-hybridized carbons (Fsp3) is 0.611. The molecule has 0 aliphatic heterocycles. The Morgan fingerprint density at radius 2 is 1.45 bits per heavy atom. The molecule has 1 aromatic rings. The largest absolute Gasteiger partial charge is 0.460 e. The van der Waals surface area contributed by atoms with E-state index in [4.69, 9.17) is 4.74 Å². The van der Waals surface area contributed by atoms with Gasteiger partial charge in [0.1, 0.15) is 17.2 Å². The number of halogens is 2. The Labute approximate surface area is 131 Å². The van der Waals surface area contributed by atoms with E-state index in [9.17, 15) is 13.6 Å². The lowest BCUT2D eigenvalue weighted by molar-refractivity contribution is -0.153. The molecular formula is C18H26F2O2. The minimum absolute atomic E-state index is 0.118. The van der Waals surface area contributed by atoms with E-state index >= 15 is 0 Å². The van der Waals surface area contributed by atoms with E-state index < -0.39 is 23.2 Å². The summed E-state index contributed by atoms with van der Waals surface area (Å²) in [6.07, 6.45) is -0.118. The predicted molar refractivity (Wildman–Crippen MR) is 84.1 cm³/mol. The molecule has 1 aromatic carbocycles. The van der Waals surface area contributed by atoms with Crippen LogP contribution in [0.1, 0.15) is 77.0 Å². The molecule has 0 spiro atoms. The number of benzene rings is 1. The summed E-state index contributed by atoms with van der Waals surface area (Å²) in [4.78, 5) is 12.1. The predicted octanol–water partition coefficient (Wildman–Crippen LogP) is 5.10. The van der Waals surface area contributed by atoms with Crippen LogP contribution in [0.3, 0.4) is 0 Å². The molecule has 0 aliphatic rings. The first-order chi connectivity index (χ1) is 9.94. The van der Waals surface area contributed by atoms with Crippen LogP contribution in [-0.2, 0) is 16.0 Å². The smallest absolute Gasteiger partial charge is 0.310 e. The van der Waals surface area contributed by atoms with Gasteiger partial charge in [-0.2, -0.15) is 0 Å². The van der Waals surface area contributed by atoms with Gasteiger partial charge in [-0.15, -0.1) is 0 Å². The molecule has 0 N–H and O–H groups in total. The summed E-state index contributed by atoms with van der Waals surface area (Å²) in [5.41, 5.74) is 0.600. The van der Waals surface area contributed by atoms with Gasteiger partial charge in [-0.25, -0.2) is 8.78 Å². The summed E-state index contributed by atoms with van der Waals surface area (Å²) in [6, 6.07) is 0.920. The van der Waals surface area contributed by atoms with E-state index in [0.29, 0.717) is 16.7 Å². The Bertz CT molecular complexity index is 523. The molecule has 0 unspecified atom stereocenters. The first kappa shape index (κ1) is 18.6. The van der Waals surface area contributed by atoms with Gasteiger partial charge >= 0.3 is 5.97 Å². The van der Waals surface area contributed by atoms with Crippen molar-refractivity contribution in [2.45, 2.75) is 72.3 Å². The van der Waals surface area contributed by atoms with Crippen molar-refractivity contribution in [3.8, 4) is 0 Å². The van der Waals surface area contributed by atoms with Crippen molar-refractivity contribution in [2.75, 3.05) is 0 Å². The first-order valence-electron chi connectivity index (χ1n) is 7.66. The first-order valence-corrected chi connectivity index (χ1v) is 7.66. The lowest BCUT2D eigenvalue weighted by atomic mass is 9.86. The molecule has 0 aliphatic carbocycles. The highest BCUT2D eigenvalue weighted by Gasteiger charge is 2.26. The van der Waals surface area contributed by atoms with E-state index in [1.54, 1.807) is 20.8 Å². The molecular weight excluding hydrogens is 286 g/mol. The maximum Gasteiger partial charge on any atom is 0.310 e. The van der Waals surface area contributed by atoms with Gasteiger partial charge in [0.15, 0.2) is 0 Å². The van der Waals surface area contributed by atoms with Gasteiger partial charge in [0, 0.05) is 6.07 Å². The van der Waals surface area contributed by atoms with Crippen molar-refractivity contribution < 1.29 is 18.3 Å². The molecule has 0 saturated heterocycles. The maximum atomic E-state index is 14.2. The number of ether oxygens (including phenoxy) is 1. The van der Waals surface area contributed by atoms with Crippen LogP contribution in [0, 0.1) is 11.6 Å². The number of esters is 1. The second-order valence-electron chi connectivity index (χ2n) is 7.22. The third kappa shape index (κ3) is 4.52. The van der Waals surface area contributed by atoms with E-state index in [2.05, 4.69) is 0 Å². The second kappa shape index (κ2) is 6.76. The third-order valence-electron chi connectivity index (χ3n) is 3.31. The van der Waals surface area contributed by atoms with Crippen LogP contribution in [0.15, 0.2) is 6.07 Å². The van der Waals surface area contributed by atoms with Crippen LogP contribution >= 0.6 is 0 Å². The topological polar surface area (TPSA) is 26.3 Å². The van der Waals surface area contributed by atoms with Gasteiger partial charge in [0.05, 0.1) is 6.42 Å². The van der Waals surface area contributed by atoms with E-state index in [1.165, 1.54) is 0 Å². The summed E-state index contributed by atoms with van der Waals surface area (Å²) >= 11 is 0. The third-order valence-corrected chi connectivity index (χ3v) is 3.31. The molecule has 0 saturated carbocycles. The standard InChI is InChI=1S/C18H26F2O2/c1-10(2)16-12(8-15(21)22-18(5,6)7)17(11(3)4)14(20)9-13(16)19/h9-11H,8H2,1-7H3. The van der Waals surface area contributed by atoms with Crippen LogP contribution in [0.25, 0.3) is 0 Å². The van der Waals surface area contributed by atoms with Crippen molar-refractivity contribution in [3.63, 3.8) is 0 Å². The molecule has 22 heavy (non-hydrogen) atoms. The van der Waals surface area contributed by atoms with Gasteiger partial charge < -0.3 is 4.74 Å². The Kier molecular flexibility index (Phi) is 5.71. The fourth-order valence-electron chi connectivity index (χ4n) is 2.66. The lowest BCUT2D eigenvalue weighted by Crippen LogP contribution is -2.26. The van der Waals surface area contributed by atoms with Crippen molar-refractivity contribution in [1.29, 1.82) is 0 Å². The Hall–Kier alpha value is -1.45. The minimum Gasteiger partial charge on any atom is -0.460 e. The lowest BCUT2D eigenvalue weighted by Gasteiger charge is -2.23. The van der Waals surface area contributed by atoms with E-state index in [-0.39, 0.29) is 18.3 Å². The second-order valence-corrected chi connectivity index (χ2v) is 7.22. The molecule has 1 rings (SSSR count). The van der Waals surface area contributed by atoms with Crippen LogP contribution in [0.5, 0.6) is 0 Å². The van der Waals surface area contributed by atoms with Crippen molar-refractivity contribution in [2.24, 2.45) is 0 Å². The van der Waals surface area contributed by atoms with Crippen LogP contribution < -0.4 is 0 Å². The number of hydrogen-bond donors (Lipinski definition) is 0. The summed E-state index contributed by atoms with van der Waals surface area (Å²) in [7, 11) is 0. The van der Waals surface area contributed by atoms with E-state index in [1.807, 2.05) is 27.7 Å².